The molecule has 0 N–H and O–H groups in total. The fraction of sp³-hybridized carbons (Fsp3) is 0.609. The van der Waals surface area contributed by atoms with Gasteiger partial charge in [-0.15, -0.1) is 0 Å². The van der Waals surface area contributed by atoms with E-state index in [-0.39, 0.29) is 24.4 Å². The SMILES string of the molecule is CCCN(C(=O)CN(C)C(=O)OC(C)(C)C)C1CCN(C(=O)c2ccccc2)CC1. The average Bonchev–Trinajstić information content (AvgIpc) is 2.71. The van der Waals surface area contributed by atoms with Crippen LogP contribution in [0.3, 0.4) is 0 Å². The molecule has 7 heteroatoms. The van der Waals surface area contributed by atoms with Crippen LogP contribution in [-0.4, -0.2) is 77.5 Å². The van der Waals surface area contributed by atoms with Crippen molar-refractivity contribution >= 4 is 17.9 Å². The number of likely N-dealkylation sites (N-methyl/N-ethyl adjacent to an activating group) is 1. The quantitative estimate of drug-likeness (QED) is 0.711. The van der Waals surface area contributed by atoms with Crippen LogP contribution in [0, 0.1) is 0 Å². The van der Waals surface area contributed by atoms with Crippen LogP contribution >= 0.6 is 0 Å². The van der Waals surface area contributed by atoms with E-state index in [1.54, 1.807) is 27.8 Å². The minimum atomic E-state index is -0.602. The van der Waals surface area contributed by atoms with Gasteiger partial charge < -0.3 is 19.4 Å². The zero-order chi connectivity index (χ0) is 22.3. The van der Waals surface area contributed by atoms with Crippen LogP contribution < -0.4 is 0 Å². The van der Waals surface area contributed by atoms with E-state index in [9.17, 15) is 14.4 Å². The van der Waals surface area contributed by atoms with E-state index in [0.29, 0.717) is 25.2 Å². The lowest BCUT2D eigenvalue weighted by Gasteiger charge is -2.39. The molecule has 7 nitrogen and oxygen atoms in total. The molecule has 0 saturated carbocycles. The predicted octanol–water partition coefficient (Wildman–Crippen LogP) is 3.40. The first-order valence-electron chi connectivity index (χ1n) is 10.7. The van der Waals surface area contributed by atoms with Gasteiger partial charge in [0.1, 0.15) is 12.1 Å². The Hall–Kier alpha value is -2.57. The highest BCUT2D eigenvalue weighted by Gasteiger charge is 2.31. The molecule has 0 aliphatic carbocycles. The van der Waals surface area contributed by atoms with Crippen molar-refractivity contribution in [1.82, 2.24) is 14.7 Å². The molecule has 3 amide bonds. The molecule has 1 aliphatic rings. The lowest BCUT2D eigenvalue weighted by atomic mass is 10.0. The first-order chi connectivity index (χ1) is 14.1. The summed E-state index contributed by atoms with van der Waals surface area (Å²) in [5.41, 5.74) is 0.0896. The van der Waals surface area contributed by atoms with Crippen molar-refractivity contribution in [2.75, 3.05) is 33.2 Å². The van der Waals surface area contributed by atoms with E-state index in [4.69, 9.17) is 4.74 Å². The van der Waals surface area contributed by atoms with Crippen LogP contribution in [0.15, 0.2) is 30.3 Å². The highest BCUT2D eigenvalue weighted by molar-refractivity contribution is 5.94. The fourth-order valence-corrected chi connectivity index (χ4v) is 3.59. The van der Waals surface area contributed by atoms with Gasteiger partial charge in [0, 0.05) is 38.3 Å². The number of hydrogen-bond acceptors (Lipinski definition) is 4. The lowest BCUT2D eigenvalue weighted by Crippen LogP contribution is -2.51. The molecule has 2 rings (SSSR count). The molecule has 0 spiro atoms. The second kappa shape index (κ2) is 10.5. The van der Waals surface area contributed by atoms with E-state index in [1.807, 2.05) is 47.1 Å². The van der Waals surface area contributed by atoms with Gasteiger partial charge in [0.2, 0.25) is 5.91 Å². The summed E-state index contributed by atoms with van der Waals surface area (Å²) in [5.74, 6) is -0.0508. The van der Waals surface area contributed by atoms with E-state index in [1.165, 1.54) is 4.90 Å². The summed E-state index contributed by atoms with van der Waals surface area (Å²) in [5, 5.41) is 0. The first-order valence-corrected chi connectivity index (χ1v) is 10.7. The van der Waals surface area contributed by atoms with Gasteiger partial charge in [0.25, 0.3) is 5.91 Å². The molecule has 0 atom stereocenters. The second-order valence-corrected chi connectivity index (χ2v) is 8.81. The molecule has 0 radical (unpaired) electrons. The van der Waals surface area contributed by atoms with Crippen LogP contribution in [0.2, 0.25) is 0 Å². The van der Waals surface area contributed by atoms with E-state index in [2.05, 4.69) is 0 Å². The molecule has 0 bridgehead atoms. The molecule has 30 heavy (non-hydrogen) atoms. The summed E-state index contributed by atoms with van der Waals surface area (Å²) in [6, 6.07) is 9.35. The number of benzene rings is 1. The maximum absolute atomic E-state index is 12.9. The van der Waals surface area contributed by atoms with Gasteiger partial charge in [0.05, 0.1) is 0 Å². The summed E-state index contributed by atoms with van der Waals surface area (Å²) in [4.78, 5) is 42.8. The third-order valence-corrected chi connectivity index (χ3v) is 5.08. The second-order valence-electron chi connectivity index (χ2n) is 8.81. The standard InChI is InChI=1S/C23H35N3O4/c1-6-14-26(20(27)17-24(5)22(29)30-23(2,3)4)19-12-15-25(16-13-19)21(28)18-10-8-7-9-11-18/h7-11,19H,6,12-17H2,1-5H3. The summed E-state index contributed by atoms with van der Waals surface area (Å²) >= 11 is 0. The highest BCUT2D eigenvalue weighted by atomic mass is 16.6. The fourth-order valence-electron chi connectivity index (χ4n) is 3.59. The van der Waals surface area contributed by atoms with Crippen LogP contribution in [0.4, 0.5) is 4.79 Å². The minimum absolute atomic E-state index is 0.0158. The summed E-state index contributed by atoms with van der Waals surface area (Å²) in [7, 11) is 1.58. The topological polar surface area (TPSA) is 70.2 Å². The largest absolute Gasteiger partial charge is 0.444 e. The van der Waals surface area contributed by atoms with Gasteiger partial charge in [-0.1, -0.05) is 25.1 Å². The molecular formula is C23H35N3O4. The first kappa shape index (κ1) is 23.7. The van der Waals surface area contributed by atoms with E-state index in [0.717, 1.165) is 19.3 Å². The average molecular weight is 418 g/mol. The van der Waals surface area contributed by atoms with Crippen LogP contribution in [0.1, 0.15) is 57.3 Å². The van der Waals surface area contributed by atoms with Crippen LogP contribution in [0.25, 0.3) is 0 Å². The number of hydrogen-bond donors (Lipinski definition) is 0. The Balaban J connectivity index is 1.94. The number of piperidine rings is 1. The van der Waals surface area contributed by atoms with Gasteiger partial charge >= 0.3 is 6.09 Å². The molecule has 1 heterocycles. The van der Waals surface area contributed by atoms with Crippen molar-refractivity contribution in [3.63, 3.8) is 0 Å². The maximum atomic E-state index is 12.9. The van der Waals surface area contributed by atoms with Gasteiger partial charge in [-0.2, -0.15) is 0 Å². The lowest BCUT2D eigenvalue weighted by molar-refractivity contribution is -0.135. The van der Waals surface area contributed by atoms with E-state index < -0.39 is 11.7 Å². The van der Waals surface area contributed by atoms with Crippen molar-refractivity contribution in [1.29, 1.82) is 0 Å². The van der Waals surface area contributed by atoms with E-state index >= 15 is 0 Å². The Kier molecular flexibility index (Phi) is 8.26. The van der Waals surface area contributed by atoms with Crippen molar-refractivity contribution in [2.24, 2.45) is 0 Å². The zero-order valence-electron chi connectivity index (χ0n) is 18.9. The summed E-state index contributed by atoms with van der Waals surface area (Å²) in [6.45, 7) is 9.29. The minimum Gasteiger partial charge on any atom is -0.444 e. The monoisotopic (exact) mass is 417 g/mol. The van der Waals surface area contributed by atoms with Crippen molar-refractivity contribution in [3.05, 3.63) is 35.9 Å². The molecule has 0 aromatic heterocycles. The molecule has 1 aromatic carbocycles. The third kappa shape index (κ3) is 6.75. The van der Waals surface area contributed by atoms with Crippen LogP contribution in [-0.2, 0) is 9.53 Å². The molecule has 166 valence electrons. The number of nitrogens with zero attached hydrogens (tertiary/aromatic N) is 3. The van der Waals surface area contributed by atoms with Crippen molar-refractivity contribution in [2.45, 2.75) is 58.6 Å². The van der Waals surface area contributed by atoms with Gasteiger partial charge in [0.15, 0.2) is 0 Å². The van der Waals surface area contributed by atoms with Gasteiger partial charge in [-0.05, 0) is 52.2 Å². The Labute approximate surface area is 180 Å². The Morgan fingerprint density at radius 3 is 2.23 bits per heavy atom. The Morgan fingerprint density at radius 1 is 1.10 bits per heavy atom. The Morgan fingerprint density at radius 2 is 1.70 bits per heavy atom. The third-order valence-electron chi connectivity index (χ3n) is 5.08. The zero-order valence-corrected chi connectivity index (χ0v) is 18.9. The Bertz CT molecular complexity index is 722. The van der Waals surface area contributed by atoms with Crippen LogP contribution in [0.5, 0.6) is 0 Å². The number of ether oxygens (including phenoxy) is 1. The number of carbonyl (C=O) groups is 3. The maximum Gasteiger partial charge on any atom is 0.410 e. The number of amides is 3. The van der Waals surface area contributed by atoms with Gasteiger partial charge in [-0.3, -0.25) is 9.59 Å². The normalized spacial score (nSPS) is 14.9. The smallest absolute Gasteiger partial charge is 0.410 e. The highest BCUT2D eigenvalue weighted by Crippen LogP contribution is 2.20. The molecule has 0 unspecified atom stereocenters. The predicted molar refractivity (Wildman–Crippen MR) is 116 cm³/mol. The molecule has 1 saturated heterocycles. The number of rotatable bonds is 6. The molecule has 1 fully saturated rings. The molecular weight excluding hydrogens is 382 g/mol. The van der Waals surface area contributed by atoms with Crippen molar-refractivity contribution < 1.29 is 19.1 Å². The van der Waals surface area contributed by atoms with Crippen molar-refractivity contribution in [3.8, 4) is 0 Å². The number of likely N-dealkylation sites (tertiary alicyclic amines) is 1. The summed E-state index contributed by atoms with van der Waals surface area (Å²) < 4.78 is 5.34. The van der Waals surface area contributed by atoms with Gasteiger partial charge in [-0.25, -0.2) is 4.79 Å². The number of carbonyl (C=O) groups excluding carboxylic acids is 3. The summed E-state index contributed by atoms with van der Waals surface area (Å²) in [6.07, 6.45) is 1.81. The molecule has 1 aliphatic heterocycles. The molecule has 1 aromatic rings.